The van der Waals surface area contributed by atoms with Crippen molar-refractivity contribution >= 4 is 23.1 Å². The van der Waals surface area contributed by atoms with Crippen molar-refractivity contribution in [2.24, 2.45) is 5.10 Å². The maximum atomic E-state index is 11.9. The van der Waals surface area contributed by atoms with Gasteiger partial charge in [0.25, 0.3) is 0 Å². The van der Waals surface area contributed by atoms with Crippen LogP contribution in [0.3, 0.4) is 0 Å². The molecule has 0 spiro atoms. The van der Waals surface area contributed by atoms with Gasteiger partial charge in [-0.1, -0.05) is 48.5 Å². The maximum Gasteiger partial charge on any atom is 0.336 e. The number of carbonyl (C=O) groups excluding carboxylic acids is 1. The highest BCUT2D eigenvalue weighted by Crippen LogP contribution is 2.34. The Balaban J connectivity index is 2.01. The number of aromatic nitrogens is 1. The van der Waals surface area contributed by atoms with Crippen molar-refractivity contribution in [3.8, 4) is 0 Å². The number of fused-ring (bicyclic) bond motifs is 1. The van der Waals surface area contributed by atoms with Crippen LogP contribution in [0.15, 0.2) is 65.9 Å². The predicted molar refractivity (Wildman–Crippen MR) is 85.7 cm³/mol. The number of amides is 2. The van der Waals surface area contributed by atoms with Crippen molar-refractivity contribution < 1.29 is 4.79 Å². The highest BCUT2D eigenvalue weighted by molar-refractivity contribution is 5.96. The van der Waals surface area contributed by atoms with Gasteiger partial charge >= 0.3 is 6.03 Å². The average molecular weight is 290 g/mol. The standard InChI is InChI=1S/C17H14N4O/c22-16-20-17(11-19-21-16,12-6-2-1-3-7-12)14-10-18-15-9-5-4-8-13(14)15/h1-11,18H,(H2,20,21,22)/t17-/m0/s1. The number of aromatic amines is 1. The molecule has 2 aromatic carbocycles. The van der Waals surface area contributed by atoms with Gasteiger partial charge < -0.3 is 10.3 Å². The largest absolute Gasteiger partial charge is 0.361 e. The van der Waals surface area contributed by atoms with Crippen LogP contribution in [-0.2, 0) is 5.54 Å². The lowest BCUT2D eigenvalue weighted by Gasteiger charge is -2.33. The zero-order chi connectivity index (χ0) is 15.0. The van der Waals surface area contributed by atoms with Crippen molar-refractivity contribution in [2.45, 2.75) is 5.54 Å². The number of nitrogens with zero attached hydrogens (tertiary/aromatic N) is 1. The van der Waals surface area contributed by atoms with Crippen molar-refractivity contribution in [1.29, 1.82) is 0 Å². The molecule has 3 aromatic rings. The topological polar surface area (TPSA) is 69.3 Å². The lowest BCUT2D eigenvalue weighted by molar-refractivity contribution is 0.234. The van der Waals surface area contributed by atoms with E-state index in [1.165, 1.54) is 0 Å². The molecule has 0 aliphatic carbocycles. The van der Waals surface area contributed by atoms with Crippen LogP contribution < -0.4 is 10.7 Å². The molecule has 5 heteroatoms. The molecule has 2 amide bonds. The minimum atomic E-state index is -0.788. The minimum Gasteiger partial charge on any atom is -0.361 e. The van der Waals surface area contributed by atoms with Crippen LogP contribution in [0.1, 0.15) is 11.1 Å². The Morgan fingerprint density at radius 3 is 2.55 bits per heavy atom. The molecule has 3 N–H and O–H groups in total. The smallest absolute Gasteiger partial charge is 0.336 e. The van der Waals surface area contributed by atoms with Gasteiger partial charge in [0.2, 0.25) is 0 Å². The summed E-state index contributed by atoms with van der Waals surface area (Å²) in [4.78, 5) is 15.2. The predicted octanol–water partition coefficient (Wildman–Crippen LogP) is 2.71. The fourth-order valence-electron chi connectivity index (χ4n) is 2.96. The zero-order valence-electron chi connectivity index (χ0n) is 11.7. The van der Waals surface area contributed by atoms with Crippen molar-refractivity contribution in [3.63, 3.8) is 0 Å². The third-order valence-electron chi connectivity index (χ3n) is 3.98. The van der Waals surface area contributed by atoms with Gasteiger partial charge in [-0.3, -0.25) is 0 Å². The van der Waals surface area contributed by atoms with E-state index in [9.17, 15) is 4.79 Å². The Bertz CT molecular complexity index is 869. The number of nitrogens with one attached hydrogen (secondary N) is 3. The van der Waals surface area contributed by atoms with Crippen LogP contribution in [-0.4, -0.2) is 17.2 Å². The van der Waals surface area contributed by atoms with Crippen LogP contribution in [0.2, 0.25) is 0 Å². The van der Waals surface area contributed by atoms with Crippen molar-refractivity contribution in [3.05, 3.63) is 71.9 Å². The van der Waals surface area contributed by atoms with E-state index in [0.717, 1.165) is 22.0 Å². The number of para-hydroxylation sites is 1. The summed E-state index contributed by atoms with van der Waals surface area (Å²) < 4.78 is 0. The van der Waals surface area contributed by atoms with Crippen molar-refractivity contribution in [2.75, 3.05) is 0 Å². The van der Waals surface area contributed by atoms with Crippen LogP contribution in [0.4, 0.5) is 4.79 Å². The van der Waals surface area contributed by atoms with Gasteiger partial charge in [-0.25, -0.2) is 10.2 Å². The third-order valence-corrected chi connectivity index (χ3v) is 3.98. The number of hydrazone groups is 1. The number of urea groups is 1. The molecule has 5 nitrogen and oxygen atoms in total. The second-order valence-corrected chi connectivity index (χ2v) is 5.25. The molecular formula is C17H14N4O. The number of hydrogen-bond acceptors (Lipinski definition) is 2. The molecule has 0 saturated carbocycles. The fraction of sp³-hybridized carbons (Fsp3) is 0.0588. The molecule has 0 fully saturated rings. The normalized spacial score (nSPS) is 20.6. The molecule has 1 aromatic heterocycles. The van der Waals surface area contributed by atoms with Gasteiger partial charge in [-0.15, -0.1) is 0 Å². The lowest BCUT2D eigenvalue weighted by atomic mass is 9.83. The number of carbonyl (C=O) groups is 1. The van der Waals surface area contributed by atoms with E-state index < -0.39 is 5.54 Å². The van der Waals surface area contributed by atoms with Gasteiger partial charge in [0.15, 0.2) is 0 Å². The quantitative estimate of drug-likeness (QED) is 0.667. The van der Waals surface area contributed by atoms with Crippen LogP contribution in [0.5, 0.6) is 0 Å². The molecule has 0 saturated heterocycles. The Kier molecular flexibility index (Phi) is 2.72. The summed E-state index contributed by atoms with van der Waals surface area (Å²) in [6, 6.07) is 17.5. The first-order valence-electron chi connectivity index (χ1n) is 7.04. The van der Waals surface area contributed by atoms with E-state index in [1.807, 2.05) is 60.8 Å². The molecule has 0 unspecified atom stereocenters. The summed E-state index contributed by atoms with van der Waals surface area (Å²) in [6.45, 7) is 0. The van der Waals surface area contributed by atoms with Crippen LogP contribution in [0, 0.1) is 0 Å². The number of rotatable bonds is 2. The van der Waals surface area contributed by atoms with Crippen LogP contribution >= 0.6 is 0 Å². The fourth-order valence-corrected chi connectivity index (χ4v) is 2.96. The first kappa shape index (κ1) is 12.6. The molecule has 0 radical (unpaired) electrons. The SMILES string of the molecule is O=C1NN=C[C@](c2ccccc2)(c2c[nH]c3ccccc23)N1. The summed E-state index contributed by atoms with van der Waals surface area (Å²) >= 11 is 0. The summed E-state index contributed by atoms with van der Waals surface area (Å²) in [6.07, 6.45) is 3.66. The van der Waals surface area contributed by atoms with Gasteiger partial charge in [-0.2, -0.15) is 5.10 Å². The highest BCUT2D eigenvalue weighted by Gasteiger charge is 2.38. The van der Waals surface area contributed by atoms with E-state index in [4.69, 9.17) is 0 Å². The molecule has 1 aliphatic heterocycles. The van der Waals surface area contributed by atoms with E-state index in [0.29, 0.717) is 0 Å². The van der Waals surface area contributed by atoms with Gasteiger partial charge in [-0.05, 0) is 11.6 Å². The molecule has 22 heavy (non-hydrogen) atoms. The van der Waals surface area contributed by atoms with Gasteiger partial charge in [0.05, 0.1) is 6.21 Å². The zero-order valence-corrected chi connectivity index (χ0v) is 11.7. The molecule has 0 bridgehead atoms. The van der Waals surface area contributed by atoms with Gasteiger partial charge in [0.1, 0.15) is 5.54 Å². The number of H-pyrrole nitrogens is 1. The Labute approximate surface area is 127 Å². The number of benzene rings is 2. The minimum absolute atomic E-state index is 0.323. The average Bonchev–Trinajstić information content (AvgIpc) is 3.00. The Morgan fingerprint density at radius 2 is 1.73 bits per heavy atom. The highest BCUT2D eigenvalue weighted by atomic mass is 16.2. The van der Waals surface area contributed by atoms with Crippen LogP contribution in [0.25, 0.3) is 10.9 Å². The third kappa shape index (κ3) is 1.79. The molecule has 2 heterocycles. The van der Waals surface area contributed by atoms with E-state index in [2.05, 4.69) is 20.8 Å². The van der Waals surface area contributed by atoms with E-state index >= 15 is 0 Å². The second kappa shape index (κ2) is 4.73. The summed E-state index contributed by atoms with van der Waals surface area (Å²) in [5.41, 5.74) is 4.58. The Hall–Kier alpha value is -3.08. The summed E-state index contributed by atoms with van der Waals surface area (Å²) in [5.74, 6) is 0. The first-order chi connectivity index (χ1) is 10.8. The van der Waals surface area contributed by atoms with Gasteiger partial charge in [0, 0.05) is 22.7 Å². The van der Waals surface area contributed by atoms with E-state index in [-0.39, 0.29) is 6.03 Å². The Morgan fingerprint density at radius 1 is 0.955 bits per heavy atom. The summed E-state index contributed by atoms with van der Waals surface area (Å²) in [7, 11) is 0. The number of hydrogen-bond donors (Lipinski definition) is 3. The lowest BCUT2D eigenvalue weighted by Crippen LogP contribution is -2.54. The molecule has 108 valence electrons. The van der Waals surface area contributed by atoms with E-state index in [1.54, 1.807) is 6.21 Å². The molecule has 4 rings (SSSR count). The first-order valence-corrected chi connectivity index (χ1v) is 7.04. The summed E-state index contributed by atoms with van der Waals surface area (Å²) in [5, 5.41) is 8.13. The molecule has 1 atom stereocenters. The maximum absolute atomic E-state index is 11.9. The second-order valence-electron chi connectivity index (χ2n) is 5.25. The molecular weight excluding hydrogens is 276 g/mol. The molecule has 1 aliphatic rings. The monoisotopic (exact) mass is 290 g/mol. The van der Waals surface area contributed by atoms with Crippen molar-refractivity contribution in [1.82, 2.24) is 15.7 Å².